The van der Waals surface area contributed by atoms with Gasteiger partial charge in [-0.2, -0.15) is 0 Å². The fourth-order valence-electron chi connectivity index (χ4n) is 1.06. The fourth-order valence-corrected chi connectivity index (χ4v) is 1.44. The summed E-state index contributed by atoms with van der Waals surface area (Å²) in [5, 5.41) is 10.0. The highest BCUT2D eigenvalue weighted by atomic mass is 79.9. The first kappa shape index (κ1) is 9.75. The van der Waals surface area contributed by atoms with Crippen LogP contribution < -0.4 is 0 Å². The van der Waals surface area contributed by atoms with Crippen LogP contribution in [0.1, 0.15) is 24.2 Å². The summed E-state index contributed by atoms with van der Waals surface area (Å²) >= 11 is 3.24. The van der Waals surface area contributed by atoms with E-state index in [9.17, 15) is 5.11 Å². The smallest absolute Gasteiger partial charge is 0.0886 e. The van der Waals surface area contributed by atoms with Gasteiger partial charge >= 0.3 is 0 Å². The Bertz CT molecular complexity index is 230. The molecule has 1 atom stereocenters. The van der Waals surface area contributed by atoms with Crippen LogP contribution >= 0.6 is 15.9 Å². The van der Waals surface area contributed by atoms with Gasteiger partial charge in [-0.25, -0.2) is 0 Å². The number of alkyl halides is 1. The van der Waals surface area contributed by atoms with Gasteiger partial charge in [0, 0.05) is 5.33 Å². The Kier molecular flexibility index (Phi) is 3.76. The van der Waals surface area contributed by atoms with Crippen LogP contribution in [0.5, 0.6) is 0 Å². The number of hydrogen-bond donors (Lipinski definition) is 1. The molecule has 2 heteroatoms. The third-order valence-electron chi connectivity index (χ3n) is 1.92. The van der Waals surface area contributed by atoms with Crippen molar-refractivity contribution in [2.75, 3.05) is 5.33 Å². The maximum Gasteiger partial charge on any atom is 0.0886 e. The van der Waals surface area contributed by atoms with Gasteiger partial charge in [0.1, 0.15) is 0 Å². The molecule has 0 aliphatic rings. The van der Waals surface area contributed by atoms with E-state index < -0.39 is 0 Å². The summed E-state index contributed by atoms with van der Waals surface area (Å²) in [6.07, 6.45) is 0.668. The Hall–Kier alpha value is -0.340. The van der Waals surface area contributed by atoms with E-state index in [0.717, 1.165) is 12.0 Å². The Morgan fingerprint density at radius 1 is 1.33 bits per heavy atom. The van der Waals surface area contributed by atoms with Gasteiger partial charge in [-0.05, 0) is 17.5 Å². The van der Waals surface area contributed by atoms with Crippen LogP contribution in [0, 0.1) is 0 Å². The predicted molar refractivity (Wildman–Crippen MR) is 54.6 cm³/mol. The minimum atomic E-state index is -0.379. The SMILES string of the molecule is CCc1ccc([C@H](O)CBr)cc1. The monoisotopic (exact) mass is 228 g/mol. The van der Waals surface area contributed by atoms with Crippen LogP contribution in [0.25, 0.3) is 0 Å². The van der Waals surface area contributed by atoms with Crippen molar-refractivity contribution < 1.29 is 5.11 Å². The largest absolute Gasteiger partial charge is 0.388 e. The number of hydrogen-bond acceptors (Lipinski definition) is 1. The van der Waals surface area contributed by atoms with Gasteiger partial charge in [0.2, 0.25) is 0 Å². The molecule has 0 fully saturated rings. The maximum absolute atomic E-state index is 9.45. The number of aryl methyl sites for hydroxylation is 1. The molecule has 0 amide bonds. The molecular formula is C10H13BrO. The maximum atomic E-state index is 9.45. The highest BCUT2D eigenvalue weighted by Gasteiger charge is 2.03. The van der Waals surface area contributed by atoms with Crippen LogP contribution in [-0.2, 0) is 6.42 Å². The van der Waals surface area contributed by atoms with Crippen molar-refractivity contribution in [3.05, 3.63) is 35.4 Å². The highest BCUT2D eigenvalue weighted by molar-refractivity contribution is 9.09. The highest BCUT2D eigenvalue weighted by Crippen LogP contribution is 2.15. The summed E-state index contributed by atoms with van der Waals surface area (Å²) < 4.78 is 0. The normalized spacial score (nSPS) is 12.9. The lowest BCUT2D eigenvalue weighted by atomic mass is 10.1. The number of aliphatic hydroxyl groups is 1. The molecule has 12 heavy (non-hydrogen) atoms. The zero-order chi connectivity index (χ0) is 8.97. The summed E-state index contributed by atoms with van der Waals surface area (Å²) in [6.45, 7) is 2.12. The van der Waals surface area contributed by atoms with Gasteiger partial charge in [0.05, 0.1) is 6.10 Å². The summed E-state index contributed by atoms with van der Waals surface area (Å²) in [5.74, 6) is 0. The van der Waals surface area contributed by atoms with Crippen molar-refractivity contribution in [1.82, 2.24) is 0 Å². The van der Waals surface area contributed by atoms with Gasteiger partial charge in [-0.15, -0.1) is 0 Å². The van der Waals surface area contributed by atoms with Gasteiger partial charge < -0.3 is 5.11 Å². The summed E-state index contributed by atoms with van der Waals surface area (Å²) in [7, 11) is 0. The minimum Gasteiger partial charge on any atom is -0.388 e. The Morgan fingerprint density at radius 2 is 1.92 bits per heavy atom. The lowest BCUT2D eigenvalue weighted by molar-refractivity contribution is 0.205. The molecule has 1 aromatic carbocycles. The van der Waals surface area contributed by atoms with Gasteiger partial charge in [-0.3, -0.25) is 0 Å². The Morgan fingerprint density at radius 3 is 2.33 bits per heavy atom. The molecule has 0 heterocycles. The molecule has 1 nitrogen and oxygen atoms in total. The van der Waals surface area contributed by atoms with Crippen LogP contribution in [-0.4, -0.2) is 10.4 Å². The first-order valence-corrected chi connectivity index (χ1v) is 5.23. The van der Waals surface area contributed by atoms with Gasteiger partial charge in [-0.1, -0.05) is 47.1 Å². The van der Waals surface area contributed by atoms with Crippen LogP contribution in [0.15, 0.2) is 24.3 Å². The van der Waals surface area contributed by atoms with Crippen molar-refractivity contribution in [1.29, 1.82) is 0 Å². The third kappa shape index (κ3) is 2.32. The molecule has 0 bridgehead atoms. The molecule has 0 saturated carbocycles. The standard InChI is InChI=1S/C10H13BrO/c1-2-8-3-5-9(6-4-8)10(12)7-11/h3-6,10,12H,2,7H2,1H3/t10-/m1/s1. The lowest BCUT2D eigenvalue weighted by Crippen LogP contribution is -1.97. The number of benzene rings is 1. The second-order valence-corrected chi connectivity index (χ2v) is 3.41. The molecule has 0 saturated heterocycles. The van der Waals surface area contributed by atoms with E-state index in [1.165, 1.54) is 5.56 Å². The molecular weight excluding hydrogens is 216 g/mol. The van der Waals surface area contributed by atoms with Crippen molar-refractivity contribution in [3.8, 4) is 0 Å². The van der Waals surface area contributed by atoms with Crippen LogP contribution in [0.3, 0.4) is 0 Å². The second kappa shape index (κ2) is 4.63. The zero-order valence-electron chi connectivity index (χ0n) is 7.13. The molecule has 0 aliphatic heterocycles. The van der Waals surface area contributed by atoms with Crippen molar-refractivity contribution in [2.24, 2.45) is 0 Å². The second-order valence-electron chi connectivity index (χ2n) is 2.77. The van der Waals surface area contributed by atoms with Gasteiger partial charge in [0.15, 0.2) is 0 Å². The molecule has 0 aromatic heterocycles. The quantitative estimate of drug-likeness (QED) is 0.790. The molecule has 0 aliphatic carbocycles. The zero-order valence-corrected chi connectivity index (χ0v) is 8.71. The predicted octanol–water partition coefficient (Wildman–Crippen LogP) is 2.68. The van der Waals surface area contributed by atoms with Crippen molar-refractivity contribution >= 4 is 15.9 Å². The Balaban J connectivity index is 2.77. The van der Waals surface area contributed by atoms with E-state index in [1.807, 2.05) is 12.1 Å². The van der Waals surface area contributed by atoms with E-state index in [-0.39, 0.29) is 6.10 Å². The molecule has 1 aromatic rings. The van der Waals surface area contributed by atoms with E-state index in [4.69, 9.17) is 0 Å². The van der Waals surface area contributed by atoms with Crippen molar-refractivity contribution in [3.63, 3.8) is 0 Å². The average Bonchev–Trinajstić information content (AvgIpc) is 2.17. The first-order valence-electron chi connectivity index (χ1n) is 4.10. The van der Waals surface area contributed by atoms with E-state index in [0.29, 0.717) is 5.33 Å². The van der Waals surface area contributed by atoms with Gasteiger partial charge in [0.25, 0.3) is 0 Å². The minimum absolute atomic E-state index is 0.379. The number of aliphatic hydroxyl groups excluding tert-OH is 1. The molecule has 1 N–H and O–H groups in total. The fraction of sp³-hybridized carbons (Fsp3) is 0.400. The van der Waals surface area contributed by atoms with E-state index >= 15 is 0 Å². The number of rotatable bonds is 3. The summed E-state index contributed by atoms with van der Waals surface area (Å²) in [4.78, 5) is 0. The molecule has 1 rings (SSSR count). The average molecular weight is 229 g/mol. The van der Waals surface area contributed by atoms with Crippen molar-refractivity contribution in [2.45, 2.75) is 19.4 Å². The first-order chi connectivity index (χ1) is 5.77. The van der Waals surface area contributed by atoms with Crippen LogP contribution in [0.2, 0.25) is 0 Å². The third-order valence-corrected chi connectivity index (χ3v) is 2.53. The van der Waals surface area contributed by atoms with Crippen LogP contribution in [0.4, 0.5) is 0 Å². The summed E-state index contributed by atoms with van der Waals surface area (Å²) in [5.41, 5.74) is 2.28. The van der Waals surface area contributed by atoms with E-state index in [2.05, 4.69) is 35.0 Å². The number of halogens is 1. The molecule has 0 unspecified atom stereocenters. The summed E-state index contributed by atoms with van der Waals surface area (Å²) in [6, 6.07) is 8.07. The molecule has 66 valence electrons. The Labute approximate surface area is 81.6 Å². The topological polar surface area (TPSA) is 20.2 Å². The molecule has 0 spiro atoms. The van der Waals surface area contributed by atoms with E-state index in [1.54, 1.807) is 0 Å². The lowest BCUT2D eigenvalue weighted by Gasteiger charge is -2.07. The molecule has 0 radical (unpaired) electrons.